The number of carbonyl (C=O) groups is 2. The van der Waals surface area contributed by atoms with Crippen molar-refractivity contribution in [1.82, 2.24) is 9.13 Å². The molecule has 2 aromatic carbocycles. The minimum Gasteiger partial charge on any atom is -0.449 e. The lowest BCUT2D eigenvalue weighted by Crippen LogP contribution is -2.46. The van der Waals surface area contributed by atoms with E-state index in [9.17, 15) is 45.5 Å². The van der Waals surface area contributed by atoms with Crippen molar-refractivity contribution in [2.45, 2.75) is 31.5 Å². The summed E-state index contributed by atoms with van der Waals surface area (Å²) >= 11 is 0. The third kappa shape index (κ3) is 4.38. The monoisotopic (exact) mass is 575 g/mol. The summed E-state index contributed by atoms with van der Waals surface area (Å²) in [5.74, 6) is -2.98. The topological polar surface area (TPSA) is 111 Å². The highest BCUT2D eigenvalue weighted by Crippen LogP contribution is 2.52. The van der Waals surface area contributed by atoms with E-state index in [1.54, 1.807) is 0 Å². The Kier molecular flexibility index (Phi) is 6.55. The van der Waals surface area contributed by atoms with Crippen LogP contribution in [-0.4, -0.2) is 39.5 Å². The quantitative estimate of drug-likeness (QED) is 0.370. The molecule has 1 unspecified atom stereocenters. The molecule has 9 nitrogen and oxygen atoms in total. The number of alkyl halides is 7. The van der Waals surface area contributed by atoms with Crippen molar-refractivity contribution >= 4 is 17.7 Å². The molecule has 1 atom stereocenters. The average Bonchev–Trinajstić information content (AvgIpc) is 3.05. The van der Waals surface area contributed by atoms with Crippen LogP contribution in [0.2, 0.25) is 0 Å². The number of anilines is 1. The summed E-state index contributed by atoms with van der Waals surface area (Å²) in [6.45, 7) is 0.247. The summed E-state index contributed by atoms with van der Waals surface area (Å²) in [6.07, 6.45) is -12.0. The number of halogens is 7. The number of carboxylic acid groups (broad SMARTS) is 1. The van der Waals surface area contributed by atoms with E-state index in [4.69, 9.17) is 5.11 Å². The molecule has 0 saturated heterocycles. The molecule has 16 heteroatoms. The number of rotatable bonds is 4. The van der Waals surface area contributed by atoms with Gasteiger partial charge < -0.3 is 14.7 Å². The number of nitrogens with zero attached hydrogens (tertiary/aromatic N) is 3. The van der Waals surface area contributed by atoms with Gasteiger partial charge in [-0.15, -0.1) is 0 Å². The first kappa shape index (κ1) is 28.4. The molecule has 0 spiro atoms. The number of aromatic nitrogens is 2. The fraction of sp³-hybridized carbons (Fsp3) is 0.250. The molecular weight excluding hydrogens is 559 g/mol. The largest absolute Gasteiger partial charge is 0.511 e. The van der Waals surface area contributed by atoms with Gasteiger partial charge in [-0.3, -0.25) is 18.7 Å². The first-order valence-corrected chi connectivity index (χ1v) is 11.0. The van der Waals surface area contributed by atoms with Gasteiger partial charge in [0.1, 0.15) is 0 Å². The van der Waals surface area contributed by atoms with E-state index in [0.717, 1.165) is 38.2 Å². The molecule has 2 heterocycles. The molecule has 1 aromatic heterocycles. The molecule has 1 amide bonds. The second-order valence-electron chi connectivity index (χ2n) is 8.71. The van der Waals surface area contributed by atoms with Crippen LogP contribution < -0.4 is 20.9 Å². The van der Waals surface area contributed by atoms with E-state index in [1.807, 2.05) is 0 Å². The van der Waals surface area contributed by atoms with Crippen molar-refractivity contribution in [3.8, 4) is 11.4 Å². The molecule has 1 N–H and O–H groups in total. The van der Waals surface area contributed by atoms with Crippen LogP contribution in [-0.2, 0) is 23.2 Å². The number of ether oxygens (including phenoxy) is 1. The van der Waals surface area contributed by atoms with Crippen molar-refractivity contribution in [2.24, 2.45) is 0 Å². The summed E-state index contributed by atoms with van der Waals surface area (Å²) in [4.78, 5) is 50.0. The Hall–Kier alpha value is -4.63. The van der Waals surface area contributed by atoms with Gasteiger partial charge >= 0.3 is 29.9 Å². The average molecular weight is 575 g/mol. The lowest BCUT2D eigenvalue weighted by Gasteiger charge is -2.22. The second kappa shape index (κ2) is 9.24. The maximum atomic E-state index is 15.3. The van der Waals surface area contributed by atoms with E-state index in [1.165, 1.54) is 6.07 Å². The molecular formula is C24H16F7N3O6. The highest BCUT2D eigenvalue weighted by atomic mass is 19.4. The Morgan fingerprint density at radius 2 is 1.70 bits per heavy atom. The SMILES string of the molecule is Cc1c(Cn2c(=O)c(OC(=O)O)cn(-c3ccc4c(c3)C(F)(C(F)(F)F)C(=O)N4C)c2=O)cccc1C(F)(F)F. The smallest absolute Gasteiger partial charge is 0.449 e. The Morgan fingerprint density at radius 3 is 2.27 bits per heavy atom. The molecule has 4 rings (SSSR count). The van der Waals surface area contributed by atoms with Gasteiger partial charge in [0.2, 0.25) is 5.75 Å². The lowest BCUT2D eigenvalue weighted by atomic mass is 9.96. The number of hydrogen-bond acceptors (Lipinski definition) is 5. The summed E-state index contributed by atoms with van der Waals surface area (Å²) in [6, 6.07) is 5.34. The van der Waals surface area contributed by atoms with E-state index in [-0.39, 0.29) is 11.1 Å². The van der Waals surface area contributed by atoms with Gasteiger partial charge in [0.05, 0.1) is 29.7 Å². The van der Waals surface area contributed by atoms with E-state index >= 15 is 4.39 Å². The van der Waals surface area contributed by atoms with E-state index < -0.39 is 76.1 Å². The fourth-order valence-electron chi connectivity index (χ4n) is 4.37. The Morgan fingerprint density at radius 1 is 1.05 bits per heavy atom. The summed E-state index contributed by atoms with van der Waals surface area (Å²) in [7, 11) is 0.899. The molecule has 40 heavy (non-hydrogen) atoms. The number of fused-ring (bicyclic) bond motifs is 1. The third-order valence-electron chi connectivity index (χ3n) is 6.40. The van der Waals surface area contributed by atoms with Crippen molar-refractivity contribution in [1.29, 1.82) is 0 Å². The first-order chi connectivity index (χ1) is 18.4. The molecule has 3 aromatic rings. The van der Waals surface area contributed by atoms with Crippen LogP contribution in [0.5, 0.6) is 5.75 Å². The van der Waals surface area contributed by atoms with Crippen molar-refractivity contribution < 1.29 is 50.2 Å². The highest BCUT2D eigenvalue weighted by molar-refractivity contribution is 6.07. The zero-order valence-corrected chi connectivity index (χ0v) is 20.2. The van der Waals surface area contributed by atoms with E-state index in [0.29, 0.717) is 26.3 Å². The number of benzene rings is 2. The Labute approximate surface area is 218 Å². The Balaban J connectivity index is 1.96. The zero-order chi connectivity index (χ0) is 29.9. The molecule has 0 saturated carbocycles. The second-order valence-corrected chi connectivity index (χ2v) is 8.71. The molecule has 0 radical (unpaired) electrons. The van der Waals surface area contributed by atoms with E-state index in [2.05, 4.69) is 4.74 Å². The van der Waals surface area contributed by atoms with Crippen LogP contribution in [0.1, 0.15) is 22.3 Å². The van der Waals surface area contributed by atoms with Gasteiger partial charge in [0.25, 0.3) is 11.5 Å². The normalized spacial score (nSPS) is 17.2. The number of likely N-dealkylation sites (N-methyl/N-ethyl adjacent to an activating group) is 1. The number of carbonyl (C=O) groups excluding carboxylic acids is 1. The van der Waals surface area contributed by atoms with Crippen LogP contribution in [0, 0.1) is 6.92 Å². The Bertz CT molecular complexity index is 1680. The molecule has 212 valence electrons. The predicted octanol–water partition coefficient (Wildman–Crippen LogP) is 4.14. The standard InChI is InChI=1S/C24H16F7N3O6/c1-11-12(4-3-5-14(11)23(26,27)28)9-34-18(35)17(40-21(38)39)10-33(20(34)37)13-6-7-16-15(8-13)22(25,24(29,30)31)19(36)32(16)2/h3-8,10H,9H2,1-2H3,(H,38,39). The minimum absolute atomic E-state index is 0.172. The van der Waals surface area contributed by atoms with Crippen LogP contribution in [0.4, 0.5) is 41.2 Å². The first-order valence-electron chi connectivity index (χ1n) is 11.0. The third-order valence-corrected chi connectivity index (χ3v) is 6.40. The van der Waals surface area contributed by atoms with Crippen molar-refractivity contribution in [3.05, 3.63) is 85.7 Å². The maximum Gasteiger partial charge on any atom is 0.511 e. The van der Waals surface area contributed by atoms with Crippen LogP contribution in [0.3, 0.4) is 0 Å². The minimum atomic E-state index is -5.70. The molecule has 0 bridgehead atoms. The number of amides is 1. The highest BCUT2D eigenvalue weighted by Gasteiger charge is 2.68. The van der Waals surface area contributed by atoms with Crippen molar-refractivity contribution in [3.63, 3.8) is 0 Å². The van der Waals surface area contributed by atoms with Gasteiger partial charge in [0.15, 0.2) is 0 Å². The molecule has 1 aliphatic heterocycles. The molecule has 0 fully saturated rings. The van der Waals surface area contributed by atoms with Gasteiger partial charge in [-0.1, -0.05) is 12.1 Å². The van der Waals surface area contributed by atoms with Crippen LogP contribution >= 0.6 is 0 Å². The lowest BCUT2D eigenvalue weighted by molar-refractivity contribution is -0.227. The fourth-order valence-corrected chi connectivity index (χ4v) is 4.37. The van der Waals surface area contributed by atoms with Crippen molar-refractivity contribution in [2.75, 3.05) is 11.9 Å². The predicted molar refractivity (Wildman–Crippen MR) is 122 cm³/mol. The van der Waals surface area contributed by atoms with Gasteiger partial charge in [0, 0.05) is 12.6 Å². The van der Waals surface area contributed by atoms with Gasteiger partial charge in [-0.25, -0.2) is 14.0 Å². The maximum absolute atomic E-state index is 15.3. The number of hydrogen-bond donors (Lipinski definition) is 1. The van der Waals surface area contributed by atoms with Crippen LogP contribution in [0.15, 0.2) is 52.2 Å². The molecule has 1 aliphatic rings. The summed E-state index contributed by atoms with van der Waals surface area (Å²) < 4.78 is 102. The summed E-state index contributed by atoms with van der Waals surface area (Å²) in [5, 5.41) is 9.02. The van der Waals surface area contributed by atoms with Gasteiger partial charge in [-0.05, 0) is 42.3 Å². The zero-order valence-electron chi connectivity index (χ0n) is 20.2. The molecule has 0 aliphatic carbocycles. The van der Waals surface area contributed by atoms with Crippen LogP contribution in [0.25, 0.3) is 5.69 Å². The van der Waals surface area contributed by atoms with Gasteiger partial charge in [-0.2, -0.15) is 26.3 Å². The summed E-state index contributed by atoms with van der Waals surface area (Å²) in [5.41, 5.74) is -11.0.